The molecule has 0 aliphatic heterocycles. The van der Waals surface area contributed by atoms with Gasteiger partial charge in [-0.3, -0.25) is 9.79 Å². The average molecular weight is 231 g/mol. The molecule has 1 atom stereocenters. The molecular formula is C13H14NOP. The van der Waals surface area contributed by atoms with Gasteiger partial charge in [-0.2, -0.15) is 0 Å². The fourth-order valence-corrected chi connectivity index (χ4v) is 1.43. The molecule has 16 heavy (non-hydrogen) atoms. The summed E-state index contributed by atoms with van der Waals surface area (Å²) < 4.78 is 0. The third-order valence-electron chi connectivity index (χ3n) is 1.91. The number of ketones is 1. The van der Waals surface area contributed by atoms with E-state index in [1.807, 2.05) is 25.1 Å². The Morgan fingerprint density at radius 3 is 2.88 bits per heavy atom. The lowest BCUT2D eigenvalue weighted by Gasteiger charge is -2.00. The monoisotopic (exact) mass is 231 g/mol. The number of nitrogens with zero attached hydrogens (tertiary/aromatic N) is 1. The molecule has 1 aromatic carbocycles. The number of benzene rings is 1. The van der Waals surface area contributed by atoms with Crippen molar-refractivity contribution in [2.24, 2.45) is 4.99 Å². The van der Waals surface area contributed by atoms with E-state index in [-0.39, 0.29) is 5.78 Å². The van der Waals surface area contributed by atoms with Gasteiger partial charge in [0.1, 0.15) is 0 Å². The van der Waals surface area contributed by atoms with Crippen LogP contribution in [0.1, 0.15) is 17.3 Å². The van der Waals surface area contributed by atoms with Crippen molar-refractivity contribution in [1.29, 1.82) is 0 Å². The molecule has 0 amide bonds. The van der Waals surface area contributed by atoms with Crippen LogP contribution in [0.25, 0.3) is 0 Å². The average Bonchev–Trinajstić information content (AvgIpc) is 2.28. The number of carbonyl (C=O) groups is 1. The van der Waals surface area contributed by atoms with Gasteiger partial charge in [-0.15, -0.1) is 9.24 Å². The molecule has 0 saturated carbocycles. The highest BCUT2D eigenvalue weighted by Gasteiger charge is 2.07. The minimum atomic E-state index is -0.0995. The van der Waals surface area contributed by atoms with Crippen molar-refractivity contribution in [2.75, 3.05) is 0 Å². The number of hydrogen-bond acceptors (Lipinski definition) is 2. The molecule has 0 saturated heterocycles. The summed E-state index contributed by atoms with van der Waals surface area (Å²) in [4.78, 5) is 15.8. The molecule has 0 radical (unpaired) electrons. The summed E-state index contributed by atoms with van der Waals surface area (Å²) in [5.74, 6) is -0.0995. The molecule has 82 valence electrons. The maximum Gasteiger partial charge on any atom is 0.193 e. The fraction of sp³-hybridized carbons (Fsp3) is 0.0769. The minimum absolute atomic E-state index is 0.0995. The molecule has 1 rings (SSSR count). The topological polar surface area (TPSA) is 29.4 Å². The molecule has 0 N–H and O–H groups in total. The number of Topliss-reactive ketones (excluding diaryl/α,β-unsaturated/α-hetero) is 1. The largest absolute Gasteiger partial charge is 0.289 e. The molecule has 0 spiro atoms. The smallest absolute Gasteiger partial charge is 0.193 e. The van der Waals surface area contributed by atoms with Gasteiger partial charge in [0.2, 0.25) is 0 Å². The van der Waals surface area contributed by atoms with Crippen LogP contribution in [0.3, 0.4) is 0 Å². The van der Waals surface area contributed by atoms with Gasteiger partial charge < -0.3 is 0 Å². The Labute approximate surface area is 98.0 Å². The summed E-state index contributed by atoms with van der Waals surface area (Å²) in [7, 11) is 2.56. The van der Waals surface area contributed by atoms with Crippen LogP contribution >= 0.6 is 9.24 Å². The predicted octanol–water partition coefficient (Wildman–Crippen LogP) is 2.53. The molecule has 0 fully saturated rings. The first kappa shape index (κ1) is 12.5. The van der Waals surface area contributed by atoms with E-state index in [2.05, 4.69) is 20.8 Å². The molecular weight excluding hydrogens is 217 g/mol. The van der Waals surface area contributed by atoms with Crippen LogP contribution < -0.4 is 5.30 Å². The predicted molar refractivity (Wildman–Crippen MR) is 72.6 cm³/mol. The van der Waals surface area contributed by atoms with Crippen LogP contribution in [0, 0.1) is 0 Å². The van der Waals surface area contributed by atoms with Crippen LogP contribution in [0.15, 0.2) is 53.7 Å². The van der Waals surface area contributed by atoms with Crippen molar-refractivity contribution < 1.29 is 4.79 Å². The zero-order valence-electron chi connectivity index (χ0n) is 9.18. The van der Waals surface area contributed by atoms with Gasteiger partial charge in [0.05, 0.1) is 0 Å². The Bertz CT molecular complexity index is 461. The van der Waals surface area contributed by atoms with Gasteiger partial charge in [0, 0.05) is 23.6 Å². The van der Waals surface area contributed by atoms with E-state index in [1.165, 1.54) is 6.21 Å². The second-order valence-corrected chi connectivity index (χ2v) is 3.91. The van der Waals surface area contributed by atoms with Crippen molar-refractivity contribution >= 4 is 26.5 Å². The molecule has 0 aliphatic rings. The Morgan fingerprint density at radius 1 is 1.50 bits per heavy atom. The van der Waals surface area contributed by atoms with Gasteiger partial charge in [0.25, 0.3) is 0 Å². The van der Waals surface area contributed by atoms with Crippen LogP contribution in [0.2, 0.25) is 0 Å². The number of allylic oxidation sites excluding steroid dienone is 2. The number of rotatable bonds is 4. The quantitative estimate of drug-likeness (QED) is 0.339. The fourth-order valence-electron chi connectivity index (χ4n) is 1.14. The van der Waals surface area contributed by atoms with Gasteiger partial charge in [-0.25, -0.2) is 0 Å². The summed E-state index contributed by atoms with van der Waals surface area (Å²) >= 11 is 0. The zero-order chi connectivity index (χ0) is 12.0. The zero-order valence-corrected chi connectivity index (χ0v) is 10.3. The van der Waals surface area contributed by atoms with Crippen molar-refractivity contribution in [3.8, 4) is 0 Å². The van der Waals surface area contributed by atoms with Crippen LogP contribution in [0.4, 0.5) is 0 Å². The van der Waals surface area contributed by atoms with Crippen molar-refractivity contribution in [3.63, 3.8) is 0 Å². The second kappa shape index (κ2) is 6.14. The molecule has 0 heterocycles. The first-order valence-electron chi connectivity index (χ1n) is 4.88. The number of aliphatic imine (C=N–C) groups is 1. The minimum Gasteiger partial charge on any atom is -0.289 e. The van der Waals surface area contributed by atoms with Gasteiger partial charge in [-0.05, 0) is 18.3 Å². The third kappa shape index (κ3) is 3.56. The molecule has 2 nitrogen and oxygen atoms in total. The normalized spacial score (nSPS) is 11.1. The maximum atomic E-state index is 11.9. The first-order valence-corrected chi connectivity index (χ1v) is 5.46. The lowest BCUT2D eigenvalue weighted by atomic mass is 10.1. The van der Waals surface area contributed by atoms with Crippen molar-refractivity contribution in [2.45, 2.75) is 6.92 Å². The molecule has 3 heteroatoms. The summed E-state index contributed by atoms with van der Waals surface area (Å²) in [6, 6.07) is 7.33. The van der Waals surface area contributed by atoms with E-state index >= 15 is 0 Å². The summed E-state index contributed by atoms with van der Waals surface area (Å²) in [6.07, 6.45) is 4.87. The summed E-state index contributed by atoms with van der Waals surface area (Å²) in [5, 5.41) is 0.976. The van der Waals surface area contributed by atoms with Crippen LogP contribution in [-0.2, 0) is 0 Å². The summed E-state index contributed by atoms with van der Waals surface area (Å²) in [5.41, 5.74) is 1.01. The van der Waals surface area contributed by atoms with E-state index < -0.39 is 0 Å². The SMILES string of the molecule is C=C(C=N/C=C\C)C(=O)c1cccc(P)c1. The molecule has 1 unspecified atom stereocenters. The lowest BCUT2D eigenvalue weighted by molar-refractivity contribution is 0.104. The highest BCUT2D eigenvalue weighted by Crippen LogP contribution is 2.05. The van der Waals surface area contributed by atoms with Crippen molar-refractivity contribution in [1.82, 2.24) is 0 Å². The lowest BCUT2D eigenvalue weighted by Crippen LogP contribution is -2.05. The molecule has 0 aromatic heterocycles. The van der Waals surface area contributed by atoms with Crippen LogP contribution in [-0.4, -0.2) is 12.0 Å². The van der Waals surface area contributed by atoms with E-state index in [0.717, 1.165) is 5.30 Å². The molecule has 1 aromatic rings. The van der Waals surface area contributed by atoms with E-state index in [4.69, 9.17) is 0 Å². The highest BCUT2D eigenvalue weighted by molar-refractivity contribution is 7.27. The van der Waals surface area contributed by atoms with E-state index in [1.54, 1.807) is 18.3 Å². The van der Waals surface area contributed by atoms with Crippen molar-refractivity contribution in [3.05, 3.63) is 54.3 Å². The Kier molecular flexibility index (Phi) is 4.81. The van der Waals surface area contributed by atoms with E-state index in [9.17, 15) is 4.79 Å². The standard InChI is InChI=1S/C13H14NOP/c1-3-7-14-9-10(2)13(15)11-5-4-6-12(16)8-11/h3-9H,2,16H2,1H3/b7-3-,14-9?. The Balaban J connectivity index is 2.82. The molecule has 0 bridgehead atoms. The number of carbonyl (C=O) groups excluding carboxylic acids is 1. The summed E-state index contributed by atoms with van der Waals surface area (Å²) in [6.45, 7) is 5.55. The number of hydrogen-bond donors (Lipinski definition) is 0. The Morgan fingerprint density at radius 2 is 2.25 bits per heavy atom. The van der Waals surface area contributed by atoms with E-state index in [0.29, 0.717) is 11.1 Å². The Hall–Kier alpha value is -1.53. The highest BCUT2D eigenvalue weighted by atomic mass is 31.0. The third-order valence-corrected chi connectivity index (χ3v) is 2.27. The van der Waals surface area contributed by atoms with Gasteiger partial charge in [0.15, 0.2) is 5.78 Å². The molecule has 0 aliphatic carbocycles. The first-order chi connectivity index (χ1) is 7.65. The van der Waals surface area contributed by atoms with Gasteiger partial charge in [-0.1, -0.05) is 30.9 Å². The van der Waals surface area contributed by atoms with Gasteiger partial charge >= 0.3 is 0 Å². The van der Waals surface area contributed by atoms with Crippen LogP contribution in [0.5, 0.6) is 0 Å². The second-order valence-electron chi connectivity index (χ2n) is 3.24. The maximum absolute atomic E-state index is 11.9.